The van der Waals surface area contributed by atoms with Crippen LogP contribution in [0.15, 0.2) is 4.52 Å². The Kier molecular flexibility index (Phi) is 5.95. The molecule has 0 unspecified atom stereocenters. The van der Waals surface area contributed by atoms with E-state index in [9.17, 15) is 13.2 Å². The Hall–Kier alpha value is -1.37. The normalized spacial score (nSPS) is 14.7. The molecule has 0 aliphatic heterocycles. The lowest BCUT2D eigenvalue weighted by Crippen LogP contribution is -2.37. The number of aromatic nitrogens is 1. The van der Waals surface area contributed by atoms with Crippen molar-refractivity contribution in [3.63, 3.8) is 0 Å². The summed E-state index contributed by atoms with van der Waals surface area (Å²) in [5.74, 6) is 0.0217. The largest absolute Gasteiger partial charge is 0.361 e. The topological polar surface area (TPSA) is 89.3 Å². The Labute approximate surface area is 126 Å². The SMILES string of the molecule is CCC[C@@H](C)S(=O)(=O)NC(=O)C[C@H](C)c1c(C)noc1C. The van der Waals surface area contributed by atoms with E-state index in [4.69, 9.17) is 4.52 Å². The van der Waals surface area contributed by atoms with Crippen LogP contribution in [-0.2, 0) is 14.8 Å². The summed E-state index contributed by atoms with van der Waals surface area (Å²) in [5.41, 5.74) is 1.60. The van der Waals surface area contributed by atoms with Crippen LogP contribution < -0.4 is 4.72 Å². The molecule has 1 rings (SSSR count). The maximum atomic E-state index is 12.0. The van der Waals surface area contributed by atoms with Crippen molar-refractivity contribution < 1.29 is 17.7 Å². The van der Waals surface area contributed by atoms with Crippen molar-refractivity contribution in [3.8, 4) is 0 Å². The lowest BCUT2D eigenvalue weighted by molar-refractivity contribution is -0.119. The minimum Gasteiger partial charge on any atom is -0.361 e. The minimum atomic E-state index is -3.59. The Bertz CT molecular complexity index is 573. The Morgan fingerprint density at radius 1 is 1.33 bits per heavy atom. The van der Waals surface area contributed by atoms with E-state index >= 15 is 0 Å². The van der Waals surface area contributed by atoms with Gasteiger partial charge in [0, 0.05) is 12.0 Å². The van der Waals surface area contributed by atoms with Gasteiger partial charge in [-0.1, -0.05) is 25.4 Å². The molecular weight excluding hydrogens is 292 g/mol. The predicted molar refractivity (Wildman–Crippen MR) is 80.4 cm³/mol. The van der Waals surface area contributed by atoms with Crippen LogP contribution >= 0.6 is 0 Å². The molecule has 1 aromatic rings. The fraction of sp³-hybridized carbons (Fsp3) is 0.714. The molecule has 0 aliphatic rings. The van der Waals surface area contributed by atoms with Crippen molar-refractivity contribution >= 4 is 15.9 Å². The second-order valence-electron chi connectivity index (χ2n) is 5.51. The molecule has 7 heteroatoms. The quantitative estimate of drug-likeness (QED) is 0.834. The number of hydrogen-bond acceptors (Lipinski definition) is 5. The summed E-state index contributed by atoms with van der Waals surface area (Å²) in [6.45, 7) is 8.96. The number of carbonyl (C=O) groups is 1. The van der Waals surface area contributed by atoms with E-state index in [0.29, 0.717) is 12.2 Å². The molecule has 1 N–H and O–H groups in total. The Morgan fingerprint density at radius 3 is 2.43 bits per heavy atom. The molecule has 1 aromatic heterocycles. The maximum absolute atomic E-state index is 12.0. The lowest BCUT2D eigenvalue weighted by Gasteiger charge is -2.15. The van der Waals surface area contributed by atoms with Crippen molar-refractivity contribution in [2.45, 2.75) is 65.0 Å². The number of hydrogen-bond donors (Lipinski definition) is 1. The van der Waals surface area contributed by atoms with Gasteiger partial charge in [-0.25, -0.2) is 8.42 Å². The van der Waals surface area contributed by atoms with Gasteiger partial charge in [-0.15, -0.1) is 0 Å². The number of amides is 1. The first-order valence-corrected chi connectivity index (χ1v) is 8.70. The van der Waals surface area contributed by atoms with Crippen molar-refractivity contribution in [1.82, 2.24) is 9.88 Å². The van der Waals surface area contributed by atoms with Crippen LogP contribution in [0.5, 0.6) is 0 Å². The smallest absolute Gasteiger partial charge is 0.237 e. The average Bonchev–Trinajstić information content (AvgIpc) is 2.68. The molecule has 0 saturated heterocycles. The first-order valence-electron chi connectivity index (χ1n) is 7.16. The minimum absolute atomic E-state index is 0.0843. The predicted octanol–water partition coefficient (Wildman–Crippen LogP) is 2.42. The van der Waals surface area contributed by atoms with Gasteiger partial charge in [-0.2, -0.15) is 0 Å². The standard InChI is InChI=1S/C14H24N2O4S/c1-6-7-10(3)21(18,19)16-13(17)8-9(2)14-11(4)15-20-12(14)5/h9-10H,6-8H2,1-5H3,(H,16,17)/t9-,10+/m0/s1. The van der Waals surface area contributed by atoms with E-state index in [2.05, 4.69) is 9.88 Å². The van der Waals surface area contributed by atoms with Crippen LogP contribution in [0.25, 0.3) is 0 Å². The first-order chi connectivity index (χ1) is 9.69. The average molecular weight is 316 g/mol. The zero-order chi connectivity index (χ0) is 16.2. The van der Waals surface area contributed by atoms with Gasteiger partial charge in [0.15, 0.2) is 0 Å². The van der Waals surface area contributed by atoms with Gasteiger partial charge in [0.2, 0.25) is 15.9 Å². The van der Waals surface area contributed by atoms with Gasteiger partial charge in [-0.05, 0) is 33.1 Å². The summed E-state index contributed by atoms with van der Waals surface area (Å²) in [7, 11) is -3.59. The molecule has 2 atom stereocenters. The highest BCUT2D eigenvalue weighted by Crippen LogP contribution is 2.25. The number of nitrogens with zero attached hydrogens (tertiary/aromatic N) is 1. The molecule has 1 heterocycles. The zero-order valence-electron chi connectivity index (χ0n) is 13.3. The third kappa shape index (κ3) is 4.56. The van der Waals surface area contributed by atoms with Gasteiger partial charge < -0.3 is 4.52 Å². The van der Waals surface area contributed by atoms with Gasteiger partial charge in [0.1, 0.15) is 5.76 Å². The van der Waals surface area contributed by atoms with Crippen molar-refractivity contribution in [2.24, 2.45) is 0 Å². The molecule has 6 nitrogen and oxygen atoms in total. The number of carbonyl (C=O) groups excluding carboxylic acids is 1. The molecular formula is C14H24N2O4S. The highest BCUT2D eigenvalue weighted by Gasteiger charge is 2.25. The molecule has 0 spiro atoms. The summed E-state index contributed by atoms with van der Waals surface area (Å²) in [4.78, 5) is 12.0. The van der Waals surface area contributed by atoms with E-state index in [1.807, 2.05) is 13.8 Å². The Morgan fingerprint density at radius 2 is 1.95 bits per heavy atom. The van der Waals surface area contributed by atoms with Crippen molar-refractivity contribution in [1.29, 1.82) is 0 Å². The van der Waals surface area contributed by atoms with Gasteiger partial charge in [0.25, 0.3) is 0 Å². The van der Waals surface area contributed by atoms with E-state index in [-0.39, 0.29) is 12.3 Å². The highest BCUT2D eigenvalue weighted by molar-refractivity contribution is 7.90. The van der Waals surface area contributed by atoms with Gasteiger partial charge in [-0.3, -0.25) is 9.52 Å². The number of rotatable bonds is 7. The Balaban J connectivity index is 2.70. The third-order valence-corrected chi connectivity index (χ3v) is 5.36. The van der Waals surface area contributed by atoms with Crippen LogP contribution in [0.2, 0.25) is 0 Å². The van der Waals surface area contributed by atoms with E-state index in [1.165, 1.54) is 0 Å². The van der Waals surface area contributed by atoms with E-state index in [0.717, 1.165) is 17.7 Å². The lowest BCUT2D eigenvalue weighted by atomic mass is 9.96. The summed E-state index contributed by atoms with van der Waals surface area (Å²) in [5, 5.41) is 3.28. The molecule has 0 aliphatic carbocycles. The molecule has 0 fully saturated rings. The van der Waals surface area contributed by atoms with Crippen LogP contribution in [0, 0.1) is 13.8 Å². The monoisotopic (exact) mass is 316 g/mol. The van der Waals surface area contributed by atoms with E-state index in [1.54, 1.807) is 20.8 Å². The van der Waals surface area contributed by atoms with Crippen LogP contribution in [0.4, 0.5) is 0 Å². The fourth-order valence-electron chi connectivity index (χ4n) is 2.44. The summed E-state index contributed by atoms with van der Waals surface area (Å²) in [6.07, 6.45) is 1.37. The molecule has 1 amide bonds. The second-order valence-corrected chi connectivity index (χ2v) is 7.61. The van der Waals surface area contributed by atoms with Crippen molar-refractivity contribution in [3.05, 3.63) is 17.0 Å². The van der Waals surface area contributed by atoms with Gasteiger partial charge >= 0.3 is 0 Å². The summed E-state index contributed by atoms with van der Waals surface area (Å²) < 4.78 is 31.2. The zero-order valence-corrected chi connectivity index (χ0v) is 14.1. The number of aryl methyl sites for hydroxylation is 2. The van der Waals surface area contributed by atoms with Crippen molar-refractivity contribution in [2.75, 3.05) is 0 Å². The molecule has 21 heavy (non-hydrogen) atoms. The first kappa shape index (κ1) is 17.7. The third-order valence-electron chi connectivity index (χ3n) is 3.55. The number of sulfonamides is 1. The molecule has 120 valence electrons. The van der Waals surface area contributed by atoms with Crippen LogP contribution in [0.3, 0.4) is 0 Å². The van der Waals surface area contributed by atoms with Gasteiger partial charge in [0.05, 0.1) is 10.9 Å². The summed E-state index contributed by atoms with van der Waals surface area (Å²) >= 11 is 0. The summed E-state index contributed by atoms with van der Waals surface area (Å²) in [6, 6.07) is 0. The molecule has 0 bridgehead atoms. The molecule has 0 saturated carbocycles. The highest BCUT2D eigenvalue weighted by atomic mass is 32.2. The maximum Gasteiger partial charge on any atom is 0.237 e. The number of nitrogens with one attached hydrogen (secondary N) is 1. The van der Waals surface area contributed by atoms with Crippen LogP contribution in [-0.4, -0.2) is 24.7 Å². The fourth-order valence-corrected chi connectivity index (χ4v) is 3.58. The molecule has 0 aromatic carbocycles. The van der Waals surface area contributed by atoms with Crippen LogP contribution in [0.1, 0.15) is 63.0 Å². The molecule has 0 radical (unpaired) electrons. The van der Waals surface area contributed by atoms with E-state index < -0.39 is 21.2 Å². The second kappa shape index (κ2) is 7.06.